The molecule has 23 heavy (non-hydrogen) atoms. The molecule has 0 amide bonds. The number of hydrogen-bond acceptors (Lipinski definition) is 3. The first-order valence-corrected chi connectivity index (χ1v) is 7.52. The Morgan fingerprint density at radius 2 is 1.96 bits per heavy atom. The van der Waals surface area contributed by atoms with Gasteiger partial charge >= 0.3 is 0 Å². The maximum absolute atomic E-state index is 9.92. The number of ether oxygens (including phenoxy) is 1. The van der Waals surface area contributed by atoms with E-state index in [1.54, 1.807) is 32.4 Å². The monoisotopic (exact) mass is 313 g/mol. The van der Waals surface area contributed by atoms with Crippen LogP contribution < -0.4 is 15.4 Å². The summed E-state index contributed by atoms with van der Waals surface area (Å²) in [5, 5.41) is 16.4. The van der Waals surface area contributed by atoms with E-state index in [4.69, 9.17) is 4.74 Å². The van der Waals surface area contributed by atoms with Gasteiger partial charge < -0.3 is 20.5 Å². The number of methoxy groups -OCH3 is 1. The van der Waals surface area contributed by atoms with Gasteiger partial charge in [-0.2, -0.15) is 0 Å². The van der Waals surface area contributed by atoms with Gasteiger partial charge in [-0.05, 0) is 30.7 Å². The molecule has 2 aromatic carbocycles. The molecule has 1 unspecified atom stereocenters. The molecule has 1 atom stereocenters. The molecule has 0 saturated heterocycles. The number of phenolic OH excluding ortho intramolecular Hbond substituents is 1. The zero-order valence-electron chi connectivity index (χ0n) is 13.7. The summed E-state index contributed by atoms with van der Waals surface area (Å²) in [5.74, 6) is 1.61. The summed E-state index contributed by atoms with van der Waals surface area (Å²) in [6.07, 6.45) is 0. The van der Waals surface area contributed by atoms with E-state index in [0.29, 0.717) is 18.3 Å². The number of nitrogens with one attached hydrogen (secondary N) is 2. The lowest BCUT2D eigenvalue weighted by Crippen LogP contribution is -2.38. The molecule has 0 bridgehead atoms. The van der Waals surface area contributed by atoms with E-state index < -0.39 is 0 Å². The first kappa shape index (κ1) is 16.7. The second-order valence-corrected chi connectivity index (χ2v) is 5.20. The number of aliphatic imine (C=N–C) groups is 1. The van der Waals surface area contributed by atoms with Gasteiger partial charge in [-0.25, -0.2) is 0 Å². The smallest absolute Gasteiger partial charge is 0.191 e. The van der Waals surface area contributed by atoms with Crippen molar-refractivity contribution in [3.63, 3.8) is 0 Å². The zero-order chi connectivity index (χ0) is 16.7. The largest absolute Gasteiger partial charge is 0.508 e. The fourth-order valence-corrected chi connectivity index (χ4v) is 2.23. The topological polar surface area (TPSA) is 65.9 Å². The Hall–Kier alpha value is -2.69. The molecule has 0 fully saturated rings. The summed E-state index contributed by atoms with van der Waals surface area (Å²) in [6.45, 7) is 2.52. The fourth-order valence-electron chi connectivity index (χ4n) is 2.23. The van der Waals surface area contributed by atoms with E-state index in [9.17, 15) is 5.11 Å². The molecule has 0 aliphatic rings. The van der Waals surface area contributed by atoms with Crippen molar-refractivity contribution in [2.45, 2.75) is 19.5 Å². The summed E-state index contributed by atoms with van der Waals surface area (Å²) in [7, 11) is 3.32. The highest BCUT2D eigenvalue weighted by Gasteiger charge is 2.08. The molecule has 0 aliphatic heterocycles. The molecule has 0 radical (unpaired) electrons. The van der Waals surface area contributed by atoms with Crippen LogP contribution in [-0.4, -0.2) is 25.2 Å². The minimum Gasteiger partial charge on any atom is -0.508 e. The lowest BCUT2D eigenvalue weighted by atomic mass is 10.1. The van der Waals surface area contributed by atoms with Crippen LogP contribution in [-0.2, 0) is 6.54 Å². The van der Waals surface area contributed by atoms with Crippen LogP contribution >= 0.6 is 0 Å². The highest BCUT2D eigenvalue weighted by Crippen LogP contribution is 2.22. The maximum atomic E-state index is 9.92. The van der Waals surface area contributed by atoms with Crippen LogP contribution in [0.25, 0.3) is 0 Å². The molecular formula is C18H23N3O2. The number of rotatable bonds is 5. The summed E-state index contributed by atoms with van der Waals surface area (Å²) in [4.78, 5) is 4.22. The van der Waals surface area contributed by atoms with E-state index in [1.807, 2.05) is 18.2 Å². The van der Waals surface area contributed by atoms with E-state index >= 15 is 0 Å². The van der Waals surface area contributed by atoms with E-state index in [2.05, 4.69) is 34.7 Å². The Kier molecular flexibility index (Phi) is 5.86. The van der Waals surface area contributed by atoms with Gasteiger partial charge in [-0.15, -0.1) is 0 Å². The van der Waals surface area contributed by atoms with Crippen molar-refractivity contribution in [3.8, 4) is 11.5 Å². The predicted octanol–water partition coefficient (Wildman–Crippen LogP) is 2.83. The molecule has 2 aromatic rings. The first-order valence-electron chi connectivity index (χ1n) is 7.52. The average Bonchev–Trinajstić information content (AvgIpc) is 2.60. The first-order chi connectivity index (χ1) is 11.1. The number of hydrogen-bond donors (Lipinski definition) is 3. The van der Waals surface area contributed by atoms with Crippen LogP contribution in [0.1, 0.15) is 24.1 Å². The highest BCUT2D eigenvalue weighted by molar-refractivity contribution is 5.80. The van der Waals surface area contributed by atoms with Crippen LogP contribution in [0.4, 0.5) is 0 Å². The Bertz CT molecular complexity index is 657. The number of guanidine groups is 1. The molecule has 122 valence electrons. The van der Waals surface area contributed by atoms with Gasteiger partial charge in [0.2, 0.25) is 0 Å². The van der Waals surface area contributed by atoms with Gasteiger partial charge in [0.15, 0.2) is 5.96 Å². The van der Waals surface area contributed by atoms with Crippen molar-refractivity contribution in [1.29, 1.82) is 0 Å². The average molecular weight is 313 g/mol. The lowest BCUT2D eigenvalue weighted by molar-refractivity contribution is 0.410. The molecular weight excluding hydrogens is 290 g/mol. The standard InChI is InChI=1S/C18H23N3O2/c1-13(14-7-5-4-6-8-14)21-18(19-2)20-12-15-11-16(23-3)9-10-17(15)22/h4-11,13,22H,12H2,1-3H3,(H2,19,20,21). The normalized spacial score (nSPS) is 12.6. The number of phenols is 1. The van der Waals surface area contributed by atoms with Crippen LogP contribution in [0.3, 0.4) is 0 Å². The van der Waals surface area contributed by atoms with Crippen LogP contribution in [0.5, 0.6) is 11.5 Å². The molecule has 0 heterocycles. The third-order valence-electron chi connectivity index (χ3n) is 3.61. The predicted molar refractivity (Wildman–Crippen MR) is 92.9 cm³/mol. The van der Waals surface area contributed by atoms with Gasteiger partial charge in [0.05, 0.1) is 13.2 Å². The SMILES string of the molecule is CN=C(NCc1cc(OC)ccc1O)NC(C)c1ccccc1. The van der Waals surface area contributed by atoms with Gasteiger partial charge in [-0.1, -0.05) is 30.3 Å². The lowest BCUT2D eigenvalue weighted by Gasteiger charge is -2.18. The quantitative estimate of drug-likeness (QED) is 0.586. The molecule has 0 saturated carbocycles. The van der Waals surface area contributed by atoms with Crippen LogP contribution in [0.2, 0.25) is 0 Å². The number of aromatic hydroxyl groups is 1. The third-order valence-corrected chi connectivity index (χ3v) is 3.61. The molecule has 0 aliphatic carbocycles. The third kappa shape index (κ3) is 4.64. The van der Waals surface area contributed by atoms with Crippen molar-refractivity contribution < 1.29 is 9.84 Å². The van der Waals surface area contributed by atoms with Gasteiger partial charge in [0, 0.05) is 19.2 Å². The summed E-state index contributed by atoms with van der Waals surface area (Å²) in [6, 6.07) is 15.4. The molecule has 0 spiro atoms. The van der Waals surface area contributed by atoms with Crippen molar-refractivity contribution >= 4 is 5.96 Å². The summed E-state index contributed by atoms with van der Waals surface area (Å²) in [5.41, 5.74) is 1.93. The van der Waals surface area contributed by atoms with Gasteiger partial charge in [-0.3, -0.25) is 4.99 Å². The minimum absolute atomic E-state index is 0.126. The number of nitrogens with zero attached hydrogens (tertiary/aromatic N) is 1. The van der Waals surface area contributed by atoms with E-state index in [1.165, 1.54) is 5.56 Å². The van der Waals surface area contributed by atoms with E-state index in [-0.39, 0.29) is 11.8 Å². The summed E-state index contributed by atoms with van der Waals surface area (Å²) < 4.78 is 5.18. The van der Waals surface area contributed by atoms with Crippen molar-refractivity contribution in [2.24, 2.45) is 4.99 Å². The second kappa shape index (κ2) is 8.08. The highest BCUT2D eigenvalue weighted by atomic mass is 16.5. The minimum atomic E-state index is 0.126. The van der Waals surface area contributed by atoms with Crippen LogP contribution in [0.15, 0.2) is 53.5 Å². The van der Waals surface area contributed by atoms with Crippen molar-refractivity contribution in [2.75, 3.05) is 14.2 Å². The van der Waals surface area contributed by atoms with Gasteiger partial charge in [0.1, 0.15) is 11.5 Å². The molecule has 5 nitrogen and oxygen atoms in total. The number of benzene rings is 2. The van der Waals surface area contributed by atoms with Crippen molar-refractivity contribution in [3.05, 3.63) is 59.7 Å². The Balaban J connectivity index is 1.98. The Morgan fingerprint density at radius 1 is 1.22 bits per heavy atom. The van der Waals surface area contributed by atoms with Crippen molar-refractivity contribution in [1.82, 2.24) is 10.6 Å². The molecule has 3 N–H and O–H groups in total. The molecule has 5 heteroatoms. The summed E-state index contributed by atoms with van der Waals surface area (Å²) >= 11 is 0. The second-order valence-electron chi connectivity index (χ2n) is 5.20. The molecule has 2 rings (SSSR count). The van der Waals surface area contributed by atoms with Crippen LogP contribution in [0, 0.1) is 0 Å². The molecule has 0 aromatic heterocycles. The maximum Gasteiger partial charge on any atom is 0.191 e. The Labute approximate surface area is 137 Å². The Morgan fingerprint density at radius 3 is 2.61 bits per heavy atom. The fraction of sp³-hybridized carbons (Fsp3) is 0.278. The van der Waals surface area contributed by atoms with Gasteiger partial charge in [0.25, 0.3) is 0 Å². The zero-order valence-corrected chi connectivity index (χ0v) is 13.7. The van der Waals surface area contributed by atoms with E-state index in [0.717, 1.165) is 5.56 Å².